The van der Waals surface area contributed by atoms with Crippen molar-refractivity contribution in [3.8, 4) is 5.75 Å². The molecule has 1 unspecified atom stereocenters. The van der Waals surface area contributed by atoms with Crippen molar-refractivity contribution in [2.24, 2.45) is 5.73 Å². The van der Waals surface area contributed by atoms with Crippen molar-refractivity contribution < 1.29 is 14.6 Å². The molecule has 1 atom stereocenters. The normalized spacial score (nSPS) is 19.2. The summed E-state index contributed by atoms with van der Waals surface area (Å²) in [6.45, 7) is 1.09. The first-order valence-corrected chi connectivity index (χ1v) is 6.46. The average Bonchev–Trinajstić information content (AvgIpc) is 2.41. The second kappa shape index (κ2) is 5.73. The van der Waals surface area contributed by atoms with Gasteiger partial charge in [-0.2, -0.15) is 0 Å². The number of phenolic OH excluding ortho intramolecular Hbond substituents is 1. The van der Waals surface area contributed by atoms with Crippen molar-refractivity contribution in [1.29, 1.82) is 0 Å². The Kier molecular flexibility index (Phi) is 4.24. The standard InChI is InChI=1S/C12H13ClN2O3S/c13-9-2-1-7(16)5-8(9)12(17)15-3-4-18-10(6-15)11(14)19/h1-2,5,10,16H,3-4,6H2,(H2,14,19). The molecular weight excluding hydrogens is 288 g/mol. The third-order valence-corrected chi connectivity index (χ3v) is 3.44. The predicted octanol–water partition coefficient (Wildman–Crippen LogP) is 1.17. The average molecular weight is 301 g/mol. The zero-order valence-corrected chi connectivity index (χ0v) is 11.6. The molecule has 1 fully saturated rings. The molecule has 0 aliphatic carbocycles. The lowest BCUT2D eigenvalue weighted by molar-refractivity contribution is 0.00878. The predicted molar refractivity (Wildman–Crippen MR) is 75.5 cm³/mol. The number of aromatic hydroxyl groups is 1. The van der Waals surface area contributed by atoms with Crippen LogP contribution < -0.4 is 5.73 Å². The van der Waals surface area contributed by atoms with Gasteiger partial charge in [0.25, 0.3) is 5.91 Å². The summed E-state index contributed by atoms with van der Waals surface area (Å²) in [5.74, 6) is -0.280. The van der Waals surface area contributed by atoms with Crippen LogP contribution in [0, 0.1) is 0 Å². The van der Waals surface area contributed by atoms with Crippen LogP contribution in [0.3, 0.4) is 0 Å². The topological polar surface area (TPSA) is 75.8 Å². The van der Waals surface area contributed by atoms with Gasteiger partial charge in [-0.05, 0) is 18.2 Å². The van der Waals surface area contributed by atoms with E-state index in [-0.39, 0.29) is 22.2 Å². The van der Waals surface area contributed by atoms with Crippen LogP contribution in [0.4, 0.5) is 0 Å². The molecule has 1 amide bonds. The number of carbonyl (C=O) groups is 1. The van der Waals surface area contributed by atoms with Gasteiger partial charge in [0.05, 0.1) is 23.7 Å². The zero-order chi connectivity index (χ0) is 14.0. The maximum absolute atomic E-state index is 12.3. The third-order valence-electron chi connectivity index (χ3n) is 2.85. The number of phenols is 1. The van der Waals surface area contributed by atoms with E-state index >= 15 is 0 Å². The largest absolute Gasteiger partial charge is 0.508 e. The van der Waals surface area contributed by atoms with Gasteiger partial charge < -0.3 is 20.5 Å². The summed E-state index contributed by atoms with van der Waals surface area (Å²) >= 11 is 10.8. The third kappa shape index (κ3) is 3.15. The van der Waals surface area contributed by atoms with Gasteiger partial charge in [0, 0.05) is 6.54 Å². The van der Waals surface area contributed by atoms with Crippen molar-refractivity contribution in [3.63, 3.8) is 0 Å². The summed E-state index contributed by atoms with van der Waals surface area (Å²) < 4.78 is 5.37. The Hall–Kier alpha value is -1.37. The highest BCUT2D eigenvalue weighted by Crippen LogP contribution is 2.23. The molecule has 0 spiro atoms. The van der Waals surface area contributed by atoms with Crippen LogP contribution in [0.2, 0.25) is 5.02 Å². The second-order valence-electron chi connectivity index (χ2n) is 4.18. The number of nitrogens with zero attached hydrogens (tertiary/aromatic N) is 1. The highest BCUT2D eigenvalue weighted by molar-refractivity contribution is 7.80. The number of hydrogen-bond acceptors (Lipinski definition) is 4. The number of hydrogen-bond donors (Lipinski definition) is 2. The number of halogens is 1. The lowest BCUT2D eigenvalue weighted by Gasteiger charge is -2.32. The highest BCUT2D eigenvalue weighted by Gasteiger charge is 2.27. The maximum Gasteiger partial charge on any atom is 0.255 e. The molecule has 1 aromatic rings. The van der Waals surface area contributed by atoms with E-state index in [1.807, 2.05) is 0 Å². The molecule has 3 N–H and O–H groups in total. The van der Waals surface area contributed by atoms with E-state index in [1.165, 1.54) is 18.2 Å². The molecule has 2 rings (SSSR count). The van der Waals surface area contributed by atoms with Crippen LogP contribution >= 0.6 is 23.8 Å². The van der Waals surface area contributed by atoms with Crippen molar-refractivity contribution >= 4 is 34.7 Å². The van der Waals surface area contributed by atoms with Gasteiger partial charge in [-0.15, -0.1) is 0 Å². The van der Waals surface area contributed by atoms with E-state index in [4.69, 9.17) is 34.3 Å². The Bertz CT molecular complexity index is 524. The quantitative estimate of drug-likeness (QED) is 0.802. The zero-order valence-electron chi connectivity index (χ0n) is 10.0. The van der Waals surface area contributed by atoms with Gasteiger partial charge >= 0.3 is 0 Å². The summed E-state index contributed by atoms with van der Waals surface area (Å²) in [5.41, 5.74) is 5.78. The molecule has 0 aromatic heterocycles. The number of morpholine rings is 1. The molecule has 1 aliphatic rings. The Morgan fingerprint density at radius 1 is 1.58 bits per heavy atom. The summed E-state index contributed by atoms with van der Waals surface area (Å²) in [6, 6.07) is 4.25. The summed E-state index contributed by atoms with van der Waals surface area (Å²) in [6.07, 6.45) is -0.441. The Morgan fingerprint density at radius 3 is 3.00 bits per heavy atom. The number of nitrogens with two attached hydrogens (primary N) is 1. The van der Waals surface area contributed by atoms with Crippen LogP contribution in [0.25, 0.3) is 0 Å². The van der Waals surface area contributed by atoms with Crippen LogP contribution in [-0.4, -0.2) is 46.7 Å². The van der Waals surface area contributed by atoms with E-state index in [0.717, 1.165) is 0 Å². The fraction of sp³-hybridized carbons (Fsp3) is 0.333. The van der Waals surface area contributed by atoms with Crippen LogP contribution in [0.15, 0.2) is 18.2 Å². The second-order valence-corrected chi connectivity index (χ2v) is 5.06. The van der Waals surface area contributed by atoms with Gasteiger partial charge in [0.1, 0.15) is 16.8 Å². The molecule has 19 heavy (non-hydrogen) atoms. The molecule has 1 aliphatic heterocycles. The SMILES string of the molecule is NC(=S)C1CN(C(=O)c2cc(O)ccc2Cl)CCO1. The Morgan fingerprint density at radius 2 is 2.32 bits per heavy atom. The molecule has 102 valence electrons. The summed E-state index contributed by atoms with van der Waals surface area (Å²) in [5, 5.41) is 9.72. The molecule has 1 saturated heterocycles. The van der Waals surface area contributed by atoms with E-state index in [1.54, 1.807) is 4.90 Å². The lowest BCUT2D eigenvalue weighted by atomic mass is 10.1. The minimum Gasteiger partial charge on any atom is -0.508 e. The number of thiocarbonyl (C=S) groups is 1. The summed E-state index contributed by atoms with van der Waals surface area (Å²) in [4.78, 5) is 14.1. The smallest absolute Gasteiger partial charge is 0.255 e. The van der Waals surface area contributed by atoms with Gasteiger partial charge in [0.15, 0.2) is 0 Å². The number of rotatable bonds is 2. The van der Waals surface area contributed by atoms with Crippen LogP contribution in [-0.2, 0) is 4.74 Å². The first kappa shape index (κ1) is 14.0. The first-order chi connectivity index (χ1) is 8.99. The monoisotopic (exact) mass is 300 g/mol. The minimum absolute atomic E-state index is 0.00750. The number of ether oxygens (including phenoxy) is 1. The molecule has 0 radical (unpaired) electrons. The number of amides is 1. The van der Waals surface area contributed by atoms with Crippen molar-refractivity contribution in [2.45, 2.75) is 6.10 Å². The van der Waals surface area contributed by atoms with E-state index in [2.05, 4.69) is 0 Å². The van der Waals surface area contributed by atoms with E-state index in [9.17, 15) is 9.90 Å². The number of carbonyl (C=O) groups excluding carboxylic acids is 1. The maximum atomic E-state index is 12.3. The van der Waals surface area contributed by atoms with Crippen molar-refractivity contribution in [2.75, 3.05) is 19.7 Å². The molecule has 5 nitrogen and oxygen atoms in total. The van der Waals surface area contributed by atoms with E-state index < -0.39 is 6.10 Å². The van der Waals surface area contributed by atoms with Gasteiger partial charge in [-0.25, -0.2) is 0 Å². The fourth-order valence-electron chi connectivity index (χ4n) is 1.85. The van der Waals surface area contributed by atoms with Gasteiger partial charge in [0.2, 0.25) is 0 Å². The van der Waals surface area contributed by atoms with Crippen molar-refractivity contribution in [3.05, 3.63) is 28.8 Å². The van der Waals surface area contributed by atoms with E-state index in [0.29, 0.717) is 24.7 Å². The summed E-state index contributed by atoms with van der Waals surface area (Å²) in [7, 11) is 0. The van der Waals surface area contributed by atoms with Crippen LogP contribution in [0.5, 0.6) is 5.75 Å². The van der Waals surface area contributed by atoms with Gasteiger partial charge in [-0.1, -0.05) is 23.8 Å². The molecule has 1 heterocycles. The Balaban J connectivity index is 2.19. The molecule has 0 bridgehead atoms. The van der Waals surface area contributed by atoms with Gasteiger partial charge in [-0.3, -0.25) is 4.79 Å². The first-order valence-electron chi connectivity index (χ1n) is 5.67. The number of benzene rings is 1. The molecule has 1 aromatic carbocycles. The Labute approximate surface area is 120 Å². The molecule has 7 heteroatoms. The van der Waals surface area contributed by atoms with Crippen molar-refractivity contribution in [1.82, 2.24) is 4.90 Å². The molecular formula is C12H13ClN2O3S. The minimum atomic E-state index is -0.441. The highest BCUT2D eigenvalue weighted by atomic mass is 35.5. The fourth-order valence-corrected chi connectivity index (χ4v) is 2.19. The lowest BCUT2D eigenvalue weighted by Crippen LogP contribution is -2.49. The van der Waals surface area contributed by atoms with Crippen LogP contribution in [0.1, 0.15) is 10.4 Å². The molecule has 0 saturated carbocycles.